The Labute approximate surface area is 114 Å². The molecular formula is C14H21NO3S. The van der Waals surface area contributed by atoms with Crippen molar-refractivity contribution < 1.29 is 13.2 Å². The minimum atomic E-state index is -2.97. The molecule has 0 aromatic heterocycles. The van der Waals surface area contributed by atoms with Crippen molar-refractivity contribution in [3.05, 3.63) is 29.3 Å². The Balaban J connectivity index is 2.00. The van der Waals surface area contributed by atoms with Crippen LogP contribution in [-0.4, -0.2) is 26.5 Å². The highest BCUT2D eigenvalue weighted by molar-refractivity contribution is 7.91. The topological polar surface area (TPSA) is 69.4 Å². The Morgan fingerprint density at radius 1 is 1.42 bits per heavy atom. The SMILES string of the molecule is CCS(=O)(=O)CCOc1ccc2c(c1)[C@H](N)CCC2. The third kappa shape index (κ3) is 3.70. The summed E-state index contributed by atoms with van der Waals surface area (Å²) in [6.07, 6.45) is 3.19. The van der Waals surface area contributed by atoms with Crippen molar-refractivity contribution in [2.45, 2.75) is 32.2 Å². The number of rotatable bonds is 5. The van der Waals surface area contributed by atoms with Gasteiger partial charge in [0.1, 0.15) is 12.4 Å². The lowest BCUT2D eigenvalue weighted by Crippen LogP contribution is -2.18. The molecule has 1 aliphatic carbocycles. The second-order valence-electron chi connectivity index (χ2n) is 4.94. The van der Waals surface area contributed by atoms with E-state index in [1.54, 1.807) is 6.92 Å². The number of hydrogen-bond acceptors (Lipinski definition) is 4. The number of fused-ring (bicyclic) bond motifs is 1. The molecule has 5 heteroatoms. The first-order chi connectivity index (χ1) is 9.02. The maximum absolute atomic E-state index is 11.4. The van der Waals surface area contributed by atoms with E-state index in [0.717, 1.165) is 24.8 Å². The van der Waals surface area contributed by atoms with E-state index < -0.39 is 9.84 Å². The van der Waals surface area contributed by atoms with E-state index in [1.165, 1.54) is 5.56 Å². The number of hydrogen-bond donors (Lipinski definition) is 1. The standard InChI is InChI=1S/C14H21NO3S/c1-2-19(16,17)9-8-18-12-7-6-11-4-3-5-14(15)13(11)10-12/h6-7,10,14H,2-5,8-9,15H2,1H3/t14-/m1/s1. The first-order valence-corrected chi connectivity index (χ1v) is 8.55. The molecule has 2 rings (SSSR count). The van der Waals surface area contributed by atoms with Gasteiger partial charge in [-0.15, -0.1) is 0 Å². The molecule has 0 saturated carbocycles. The second-order valence-corrected chi connectivity index (χ2v) is 7.42. The van der Waals surface area contributed by atoms with Crippen LogP contribution >= 0.6 is 0 Å². The summed E-state index contributed by atoms with van der Waals surface area (Å²) in [5.74, 6) is 0.931. The van der Waals surface area contributed by atoms with Crippen LogP contribution in [0, 0.1) is 0 Å². The van der Waals surface area contributed by atoms with Gasteiger partial charge in [0.05, 0.1) is 5.75 Å². The van der Waals surface area contributed by atoms with Crippen LogP contribution in [-0.2, 0) is 16.3 Å². The number of nitrogens with two attached hydrogens (primary N) is 1. The van der Waals surface area contributed by atoms with Crippen molar-refractivity contribution >= 4 is 9.84 Å². The monoisotopic (exact) mass is 283 g/mol. The Bertz CT molecular complexity index is 540. The zero-order valence-electron chi connectivity index (χ0n) is 11.3. The van der Waals surface area contributed by atoms with Gasteiger partial charge in [-0.25, -0.2) is 8.42 Å². The Kier molecular flexibility index (Phi) is 4.47. The van der Waals surface area contributed by atoms with Gasteiger partial charge in [0.25, 0.3) is 0 Å². The van der Waals surface area contributed by atoms with Gasteiger partial charge in [0.15, 0.2) is 9.84 Å². The zero-order valence-corrected chi connectivity index (χ0v) is 12.1. The Morgan fingerprint density at radius 3 is 2.95 bits per heavy atom. The maximum atomic E-state index is 11.4. The third-order valence-electron chi connectivity index (χ3n) is 3.58. The first kappa shape index (κ1) is 14.3. The lowest BCUT2D eigenvalue weighted by molar-refractivity contribution is 0.339. The molecule has 0 heterocycles. The summed E-state index contributed by atoms with van der Waals surface area (Å²) in [7, 11) is -2.97. The van der Waals surface area contributed by atoms with Crippen LogP contribution in [0.3, 0.4) is 0 Å². The number of benzene rings is 1. The largest absolute Gasteiger partial charge is 0.493 e. The van der Waals surface area contributed by atoms with Gasteiger partial charge >= 0.3 is 0 Å². The van der Waals surface area contributed by atoms with Gasteiger partial charge in [-0.2, -0.15) is 0 Å². The second kappa shape index (κ2) is 5.92. The molecule has 2 N–H and O–H groups in total. The first-order valence-electron chi connectivity index (χ1n) is 6.73. The predicted molar refractivity (Wildman–Crippen MR) is 76.1 cm³/mol. The van der Waals surface area contributed by atoms with Crippen molar-refractivity contribution in [1.82, 2.24) is 0 Å². The minimum Gasteiger partial charge on any atom is -0.493 e. The fourth-order valence-electron chi connectivity index (χ4n) is 2.33. The number of ether oxygens (including phenoxy) is 1. The summed E-state index contributed by atoms with van der Waals surface area (Å²) in [6.45, 7) is 1.84. The number of aryl methyl sites for hydroxylation is 1. The molecule has 0 radical (unpaired) electrons. The molecule has 0 amide bonds. The van der Waals surface area contributed by atoms with Gasteiger partial charge in [0.2, 0.25) is 0 Å². The van der Waals surface area contributed by atoms with Crippen molar-refractivity contribution in [3.63, 3.8) is 0 Å². The molecule has 1 atom stereocenters. The van der Waals surface area contributed by atoms with Crippen LogP contribution in [0.15, 0.2) is 18.2 Å². The Morgan fingerprint density at radius 2 is 2.21 bits per heavy atom. The maximum Gasteiger partial charge on any atom is 0.153 e. The van der Waals surface area contributed by atoms with Gasteiger partial charge in [-0.05, 0) is 42.5 Å². The number of sulfone groups is 1. The fourth-order valence-corrected chi connectivity index (χ4v) is 2.96. The zero-order chi connectivity index (χ0) is 13.9. The van der Waals surface area contributed by atoms with E-state index in [-0.39, 0.29) is 24.2 Å². The molecular weight excluding hydrogens is 262 g/mol. The molecule has 0 saturated heterocycles. The van der Waals surface area contributed by atoms with Gasteiger partial charge < -0.3 is 10.5 Å². The van der Waals surface area contributed by atoms with Crippen molar-refractivity contribution in [3.8, 4) is 5.75 Å². The highest BCUT2D eigenvalue weighted by Gasteiger charge is 2.17. The summed E-state index contributed by atoms with van der Waals surface area (Å²) in [5, 5.41) is 0. The molecule has 0 bridgehead atoms. The van der Waals surface area contributed by atoms with Crippen LogP contribution < -0.4 is 10.5 Å². The summed E-state index contributed by atoms with van der Waals surface area (Å²) < 4.78 is 28.3. The molecule has 106 valence electrons. The lowest BCUT2D eigenvalue weighted by atomic mass is 9.88. The lowest BCUT2D eigenvalue weighted by Gasteiger charge is -2.22. The molecule has 1 aromatic carbocycles. The Hall–Kier alpha value is -1.07. The van der Waals surface area contributed by atoms with E-state index in [4.69, 9.17) is 10.5 Å². The highest BCUT2D eigenvalue weighted by atomic mass is 32.2. The average molecular weight is 283 g/mol. The third-order valence-corrected chi connectivity index (χ3v) is 5.25. The summed E-state index contributed by atoms with van der Waals surface area (Å²) in [6, 6.07) is 5.97. The summed E-state index contributed by atoms with van der Waals surface area (Å²) >= 11 is 0. The normalized spacial score (nSPS) is 18.9. The molecule has 19 heavy (non-hydrogen) atoms. The van der Waals surface area contributed by atoms with Crippen molar-refractivity contribution in [2.75, 3.05) is 18.1 Å². The summed E-state index contributed by atoms with van der Waals surface area (Å²) in [4.78, 5) is 0. The molecule has 0 fully saturated rings. The van der Waals surface area contributed by atoms with Crippen LogP contribution in [0.5, 0.6) is 5.75 Å². The van der Waals surface area contributed by atoms with Crippen LogP contribution in [0.1, 0.15) is 36.9 Å². The smallest absolute Gasteiger partial charge is 0.153 e. The van der Waals surface area contributed by atoms with Crippen LogP contribution in [0.25, 0.3) is 0 Å². The molecule has 1 aliphatic rings. The van der Waals surface area contributed by atoms with E-state index in [1.807, 2.05) is 18.2 Å². The molecule has 0 aliphatic heterocycles. The molecule has 0 spiro atoms. The fraction of sp³-hybridized carbons (Fsp3) is 0.571. The van der Waals surface area contributed by atoms with E-state index >= 15 is 0 Å². The molecule has 0 unspecified atom stereocenters. The van der Waals surface area contributed by atoms with E-state index in [2.05, 4.69) is 0 Å². The van der Waals surface area contributed by atoms with Gasteiger partial charge in [0, 0.05) is 11.8 Å². The van der Waals surface area contributed by atoms with Gasteiger partial charge in [-0.3, -0.25) is 0 Å². The quantitative estimate of drug-likeness (QED) is 0.895. The molecule has 1 aromatic rings. The summed E-state index contributed by atoms with van der Waals surface area (Å²) in [5.41, 5.74) is 8.51. The van der Waals surface area contributed by atoms with Crippen LogP contribution in [0.4, 0.5) is 0 Å². The van der Waals surface area contributed by atoms with E-state index in [0.29, 0.717) is 5.75 Å². The predicted octanol–water partition coefficient (Wildman–Crippen LogP) is 1.84. The van der Waals surface area contributed by atoms with Crippen molar-refractivity contribution in [1.29, 1.82) is 0 Å². The van der Waals surface area contributed by atoms with Gasteiger partial charge in [-0.1, -0.05) is 13.0 Å². The average Bonchev–Trinajstić information content (AvgIpc) is 2.39. The van der Waals surface area contributed by atoms with Crippen LogP contribution in [0.2, 0.25) is 0 Å². The minimum absolute atomic E-state index is 0.0621. The van der Waals surface area contributed by atoms with E-state index in [9.17, 15) is 8.42 Å². The molecule has 4 nitrogen and oxygen atoms in total. The van der Waals surface area contributed by atoms with Crippen molar-refractivity contribution in [2.24, 2.45) is 5.73 Å². The highest BCUT2D eigenvalue weighted by Crippen LogP contribution is 2.30.